The number of aliphatic hydroxyl groups is 1. The van der Waals surface area contributed by atoms with Gasteiger partial charge in [0.25, 0.3) is 5.56 Å². The third-order valence-electron chi connectivity index (χ3n) is 6.74. The molecule has 0 spiro atoms. The molecule has 0 radical (unpaired) electrons. The summed E-state index contributed by atoms with van der Waals surface area (Å²) < 4.78 is 11.0. The number of H-pyrrole nitrogens is 1. The molecule has 4 rings (SSSR count). The lowest BCUT2D eigenvalue weighted by Crippen LogP contribution is -2.38. The van der Waals surface area contributed by atoms with Crippen molar-refractivity contribution in [2.75, 3.05) is 51.4 Å². The largest absolute Gasteiger partial charge is 0.494 e. The van der Waals surface area contributed by atoms with Crippen molar-refractivity contribution < 1.29 is 14.6 Å². The molecule has 37 heavy (non-hydrogen) atoms. The SMILES string of the molecule is CCOc1ccc(NC(=S)N(CCO)Cc2cc3cc(C)c(CN4CCOCC4)c(C)c3[nH]c2=O)cc1. The number of pyridine rings is 1. The van der Waals surface area contributed by atoms with Gasteiger partial charge in [-0.15, -0.1) is 0 Å². The van der Waals surface area contributed by atoms with E-state index in [-0.39, 0.29) is 18.7 Å². The predicted molar refractivity (Wildman–Crippen MR) is 151 cm³/mol. The normalized spacial score (nSPS) is 14.1. The third-order valence-corrected chi connectivity index (χ3v) is 7.10. The van der Waals surface area contributed by atoms with E-state index in [1.165, 1.54) is 11.1 Å². The predicted octanol–water partition coefficient (Wildman–Crippen LogP) is 3.57. The maximum absolute atomic E-state index is 13.1. The third kappa shape index (κ3) is 6.67. The first kappa shape index (κ1) is 27.1. The zero-order valence-corrected chi connectivity index (χ0v) is 22.6. The highest BCUT2D eigenvalue weighted by Gasteiger charge is 2.18. The van der Waals surface area contributed by atoms with Gasteiger partial charge in [0.1, 0.15) is 5.75 Å². The van der Waals surface area contributed by atoms with E-state index >= 15 is 0 Å². The van der Waals surface area contributed by atoms with E-state index in [1.54, 1.807) is 4.90 Å². The van der Waals surface area contributed by atoms with Crippen molar-refractivity contribution >= 4 is 33.9 Å². The van der Waals surface area contributed by atoms with Crippen molar-refractivity contribution in [3.8, 4) is 5.75 Å². The van der Waals surface area contributed by atoms with Crippen molar-refractivity contribution in [3.05, 3.63) is 69.0 Å². The van der Waals surface area contributed by atoms with Gasteiger partial charge in [0.2, 0.25) is 0 Å². The molecule has 1 saturated heterocycles. The topological polar surface area (TPSA) is 90.1 Å². The minimum atomic E-state index is -0.149. The Morgan fingerprint density at radius 2 is 1.95 bits per heavy atom. The van der Waals surface area contributed by atoms with Crippen LogP contribution in [0, 0.1) is 13.8 Å². The van der Waals surface area contributed by atoms with Crippen LogP contribution in [0.3, 0.4) is 0 Å². The molecule has 1 fully saturated rings. The summed E-state index contributed by atoms with van der Waals surface area (Å²) in [4.78, 5) is 20.5. The van der Waals surface area contributed by atoms with Gasteiger partial charge in [-0.1, -0.05) is 0 Å². The Morgan fingerprint density at radius 1 is 1.22 bits per heavy atom. The van der Waals surface area contributed by atoms with Crippen LogP contribution in [0.4, 0.5) is 5.69 Å². The van der Waals surface area contributed by atoms with Gasteiger partial charge in [0, 0.05) is 37.4 Å². The van der Waals surface area contributed by atoms with Crippen LogP contribution in [-0.4, -0.2) is 71.1 Å². The van der Waals surface area contributed by atoms with E-state index in [1.807, 2.05) is 37.3 Å². The fourth-order valence-electron chi connectivity index (χ4n) is 4.71. The van der Waals surface area contributed by atoms with E-state index in [2.05, 4.69) is 35.1 Å². The average molecular weight is 525 g/mol. The summed E-state index contributed by atoms with van der Waals surface area (Å²) in [5.41, 5.74) is 5.68. The van der Waals surface area contributed by atoms with E-state index < -0.39 is 0 Å². The first-order chi connectivity index (χ1) is 17.9. The molecule has 9 heteroatoms. The van der Waals surface area contributed by atoms with Gasteiger partial charge in [0.05, 0.1) is 38.5 Å². The van der Waals surface area contributed by atoms with Crippen molar-refractivity contribution in [1.82, 2.24) is 14.8 Å². The fourth-order valence-corrected chi connectivity index (χ4v) is 4.98. The molecule has 0 unspecified atom stereocenters. The highest BCUT2D eigenvalue weighted by atomic mass is 32.1. The number of fused-ring (bicyclic) bond motifs is 1. The van der Waals surface area contributed by atoms with Gasteiger partial charge in [-0.25, -0.2) is 0 Å². The number of rotatable bonds is 9. The van der Waals surface area contributed by atoms with Crippen LogP contribution in [-0.2, 0) is 17.8 Å². The standard InChI is InChI=1S/C28H36N4O4S/c1-4-36-24-7-5-23(6-8-24)29-28(37)32(9-12-33)17-22-16-21-15-19(2)25(18-31-10-13-35-14-11-31)20(3)26(21)30-27(22)34/h5-8,15-16,33H,4,9-14,17-18H2,1-3H3,(H,29,37)(H,30,34). The number of benzene rings is 2. The molecule has 8 nitrogen and oxygen atoms in total. The quantitative estimate of drug-likeness (QED) is 0.366. The number of anilines is 1. The number of aromatic amines is 1. The number of nitrogens with zero attached hydrogens (tertiary/aromatic N) is 2. The van der Waals surface area contributed by atoms with E-state index in [9.17, 15) is 9.90 Å². The maximum Gasteiger partial charge on any atom is 0.253 e. The minimum Gasteiger partial charge on any atom is -0.494 e. The van der Waals surface area contributed by atoms with E-state index in [0.29, 0.717) is 23.8 Å². The van der Waals surface area contributed by atoms with Crippen LogP contribution < -0.4 is 15.6 Å². The molecular weight excluding hydrogens is 488 g/mol. The zero-order chi connectivity index (χ0) is 26.4. The lowest BCUT2D eigenvalue weighted by molar-refractivity contribution is 0.0340. The van der Waals surface area contributed by atoms with Crippen molar-refractivity contribution in [2.24, 2.45) is 0 Å². The number of hydrogen-bond donors (Lipinski definition) is 3. The Hall–Kier alpha value is -2.98. The van der Waals surface area contributed by atoms with Gasteiger partial charge in [-0.3, -0.25) is 9.69 Å². The molecule has 2 aromatic carbocycles. The Kier molecular flexibility index (Phi) is 9.15. The second-order valence-electron chi connectivity index (χ2n) is 9.31. The fraction of sp³-hybridized carbons (Fsp3) is 0.429. The first-order valence-corrected chi connectivity index (χ1v) is 13.1. The molecule has 0 atom stereocenters. The lowest BCUT2D eigenvalue weighted by atomic mass is 9.97. The van der Waals surface area contributed by atoms with Crippen molar-refractivity contribution in [2.45, 2.75) is 33.9 Å². The van der Waals surface area contributed by atoms with Crippen molar-refractivity contribution in [1.29, 1.82) is 0 Å². The molecular formula is C28H36N4O4S. The molecule has 0 aliphatic carbocycles. The Labute approximate surface area is 223 Å². The molecule has 1 aliphatic rings. The lowest BCUT2D eigenvalue weighted by Gasteiger charge is -2.28. The number of morpholine rings is 1. The molecule has 0 bridgehead atoms. The number of aliphatic hydroxyl groups excluding tert-OH is 1. The van der Waals surface area contributed by atoms with Crippen LogP contribution in [0.5, 0.6) is 5.75 Å². The summed E-state index contributed by atoms with van der Waals surface area (Å²) in [6.45, 7) is 11.4. The number of hydrogen-bond acceptors (Lipinski definition) is 6. The summed E-state index contributed by atoms with van der Waals surface area (Å²) in [7, 11) is 0. The van der Waals surface area contributed by atoms with Gasteiger partial charge in [0.15, 0.2) is 5.11 Å². The van der Waals surface area contributed by atoms with Gasteiger partial charge in [-0.05, 0) is 91.5 Å². The van der Waals surface area contributed by atoms with Gasteiger partial charge >= 0.3 is 0 Å². The molecule has 3 N–H and O–H groups in total. The molecule has 3 aromatic rings. The summed E-state index contributed by atoms with van der Waals surface area (Å²) in [5, 5.41) is 14.3. The summed E-state index contributed by atoms with van der Waals surface area (Å²) in [5.74, 6) is 0.785. The highest BCUT2D eigenvalue weighted by Crippen LogP contribution is 2.25. The number of aromatic nitrogens is 1. The second kappa shape index (κ2) is 12.5. The number of aryl methyl sites for hydroxylation is 2. The van der Waals surface area contributed by atoms with Crippen LogP contribution in [0.2, 0.25) is 0 Å². The number of nitrogens with one attached hydrogen (secondary N) is 2. The molecule has 1 aromatic heterocycles. The Morgan fingerprint density at radius 3 is 2.62 bits per heavy atom. The van der Waals surface area contributed by atoms with E-state index in [4.69, 9.17) is 21.7 Å². The van der Waals surface area contributed by atoms with Crippen LogP contribution in [0.1, 0.15) is 29.2 Å². The van der Waals surface area contributed by atoms with E-state index in [0.717, 1.165) is 60.8 Å². The van der Waals surface area contributed by atoms with Gasteiger partial charge < -0.3 is 29.8 Å². The maximum atomic E-state index is 13.1. The molecule has 198 valence electrons. The molecule has 1 aliphatic heterocycles. The Bertz CT molecular complexity index is 1290. The van der Waals surface area contributed by atoms with Gasteiger partial charge in [-0.2, -0.15) is 0 Å². The zero-order valence-electron chi connectivity index (χ0n) is 21.8. The number of thiocarbonyl (C=S) groups is 1. The molecule has 2 heterocycles. The molecule has 0 saturated carbocycles. The summed E-state index contributed by atoms with van der Waals surface area (Å²) in [6, 6.07) is 11.6. The first-order valence-electron chi connectivity index (χ1n) is 12.7. The van der Waals surface area contributed by atoms with Crippen LogP contribution >= 0.6 is 12.2 Å². The second-order valence-corrected chi connectivity index (χ2v) is 9.69. The van der Waals surface area contributed by atoms with Crippen LogP contribution in [0.15, 0.2) is 41.2 Å². The van der Waals surface area contributed by atoms with Crippen LogP contribution in [0.25, 0.3) is 10.9 Å². The Balaban J connectivity index is 1.54. The molecule has 0 amide bonds. The van der Waals surface area contributed by atoms with Crippen molar-refractivity contribution in [3.63, 3.8) is 0 Å². The smallest absolute Gasteiger partial charge is 0.253 e. The monoisotopic (exact) mass is 524 g/mol. The summed E-state index contributed by atoms with van der Waals surface area (Å²) in [6.07, 6.45) is 0. The minimum absolute atomic E-state index is 0.0836. The highest BCUT2D eigenvalue weighted by molar-refractivity contribution is 7.80. The average Bonchev–Trinajstić information content (AvgIpc) is 2.89. The number of ether oxygens (including phenoxy) is 2. The summed E-state index contributed by atoms with van der Waals surface area (Å²) >= 11 is 5.63.